The number of hydrazine groups is 1. The van der Waals surface area contributed by atoms with Crippen molar-refractivity contribution < 1.29 is 23.4 Å². The van der Waals surface area contributed by atoms with Crippen molar-refractivity contribution >= 4 is 23.0 Å². The molecule has 2 atom stereocenters. The lowest BCUT2D eigenvalue weighted by molar-refractivity contribution is -0.0301. The zero-order valence-electron chi connectivity index (χ0n) is 18.2. The average molecular weight is 479 g/mol. The van der Waals surface area contributed by atoms with Crippen molar-refractivity contribution in [2.45, 2.75) is 25.0 Å². The van der Waals surface area contributed by atoms with Crippen LogP contribution in [0.25, 0.3) is 0 Å². The maximum atomic E-state index is 14.7. The number of benzene rings is 2. The number of rotatable bonds is 8. The predicted molar refractivity (Wildman–Crippen MR) is 122 cm³/mol. The van der Waals surface area contributed by atoms with Crippen molar-refractivity contribution in [3.8, 4) is 11.5 Å². The van der Waals surface area contributed by atoms with Crippen molar-refractivity contribution in [1.29, 1.82) is 0 Å². The molecule has 0 unspecified atom stereocenters. The number of aromatic nitrogens is 3. The van der Waals surface area contributed by atoms with Crippen molar-refractivity contribution in [1.82, 2.24) is 20.2 Å². The van der Waals surface area contributed by atoms with E-state index in [1.165, 1.54) is 20.5 Å². The Morgan fingerprint density at radius 1 is 1.27 bits per heavy atom. The summed E-state index contributed by atoms with van der Waals surface area (Å²) in [4.78, 5) is 4.01. The number of halogens is 2. The quantitative estimate of drug-likeness (QED) is 0.220. The number of aliphatic hydroxyl groups is 1. The fourth-order valence-corrected chi connectivity index (χ4v) is 3.63. The van der Waals surface area contributed by atoms with E-state index < -0.39 is 23.3 Å². The number of aromatic amines is 1. The molecule has 1 aromatic heterocycles. The molecule has 0 saturated heterocycles. The van der Waals surface area contributed by atoms with Gasteiger partial charge in [-0.3, -0.25) is 10.1 Å². The summed E-state index contributed by atoms with van der Waals surface area (Å²) in [5.41, 5.74) is -1.65. The number of hydrogen-bond donors (Lipinski definition) is 4. The molecule has 0 aliphatic carbocycles. The van der Waals surface area contributed by atoms with Gasteiger partial charge in [0.15, 0.2) is 10.9 Å². The highest BCUT2D eigenvalue weighted by molar-refractivity contribution is 7.80. The Balaban J connectivity index is 1.92. The van der Waals surface area contributed by atoms with Crippen molar-refractivity contribution in [2.24, 2.45) is 5.84 Å². The number of thiocarbonyl (C=S) groups is 1. The maximum absolute atomic E-state index is 14.7. The predicted octanol–water partition coefficient (Wildman–Crippen LogP) is 2.49. The molecule has 12 heteroatoms. The van der Waals surface area contributed by atoms with Crippen molar-refractivity contribution in [2.75, 3.05) is 19.5 Å². The number of nitrogens with zero attached hydrogens (tertiary/aromatic N) is 3. The van der Waals surface area contributed by atoms with Gasteiger partial charge in [-0.2, -0.15) is 5.10 Å². The second-order valence-corrected chi connectivity index (χ2v) is 7.61. The molecule has 33 heavy (non-hydrogen) atoms. The van der Waals surface area contributed by atoms with Crippen LogP contribution in [-0.2, 0) is 12.0 Å². The standard InChI is InChI=1S/C21H24F2N6O3S/c1-12(29(24)20(33)27-17-7-5-14(31-2)9-18(17)32-3)21(30,10-19-25-11-26-28-19)15-6-4-13(22)8-16(15)23/h4-9,11-12,30H,10,24H2,1-3H3,(H,27,33)(H,25,26,28)/t12-,21+/m1/s1. The minimum atomic E-state index is -1.97. The lowest BCUT2D eigenvalue weighted by Crippen LogP contribution is -2.57. The first-order valence-corrected chi connectivity index (χ1v) is 10.2. The van der Waals surface area contributed by atoms with Crippen LogP contribution in [0.3, 0.4) is 0 Å². The molecule has 0 saturated carbocycles. The summed E-state index contributed by atoms with van der Waals surface area (Å²) in [6.45, 7) is 1.55. The highest BCUT2D eigenvalue weighted by atomic mass is 32.1. The summed E-state index contributed by atoms with van der Waals surface area (Å²) in [5.74, 6) is 5.75. The normalized spacial score (nSPS) is 13.7. The van der Waals surface area contributed by atoms with Gasteiger partial charge in [-0.05, 0) is 37.3 Å². The molecule has 3 aromatic rings. The molecule has 0 aliphatic rings. The molecular formula is C21H24F2N6O3S. The zero-order valence-corrected chi connectivity index (χ0v) is 19.0. The first-order valence-electron chi connectivity index (χ1n) is 9.79. The van der Waals surface area contributed by atoms with E-state index in [-0.39, 0.29) is 22.9 Å². The smallest absolute Gasteiger partial charge is 0.188 e. The minimum absolute atomic E-state index is 0.0156. The summed E-state index contributed by atoms with van der Waals surface area (Å²) in [7, 11) is 3.01. The fraction of sp³-hybridized carbons (Fsp3) is 0.286. The number of anilines is 1. The van der Waals surface area contributed by atoms with E-state index in [1.54, 1.807) is 25.1 Å². The van der Waals surface area contributed by atoms with Gasteiger partial charge in [0.1, 0.15) is 35.1 Å². The molecule has 0 bridgehead atoms. The third-order valence-corrected chi connectivity index (χ3v) is 5.60. The Morgan fingerprint density at radius 2 is 2.03 bits per heavy atom. The molecule has 0 radical (unpaired) electrons. The molecule has 176 valence electrons. The SMILES string of the molecule is COc1ccc(NC(=S)N(N)[C@H](C)[C@@](O)(Cc2nc[nH]n2)c2ccc(F)cc2F)c(OC)c1. The van der Waals surface area contributed by atoms with E-state index in [2.05, 4.69) is 20.5 Å². The molecule has 5 N–H and O–H groups in total. The van der Waals surface area contributed by atoms with Gasteiger partial charge in [-0.1, -0.05) is 6.07 Å². The molecule has 9 nitrogen and oxygen atoms in total. The van der Waals surface area contributed by atoms with Crippen LogP contribution in [0.4, 0.5) is 14.5 Å². The van der Waals surface area contributed by atoms with Gasteiger partial charge < -0.3 is 19.9 Å². The summed E-state index contributed by atoms with van der Waals surface area (Å²) in [6.07, 6.45) is 1.10. The van der Waals surface area contributed by atoms with Crippen LogP contribution in [0.1, 0.15) is 18.3 Å². The largest absolute Gasteiger partial charge is 0.497 e. The monoisotopic (exact) mass is 478 g/mol. The second-order valence-electron chi connectivity index (χ2n) is 7.22. The van der Waals surface area contributed by atoms with E-state index in [0.29, 0.717) is 23.3 Å². The van der Waals surface area contributed by atoms with Crippen LogP contribution >= 0.6 is 12.2 Å². The van der Waals surface area contributed by atoms with Crippen LogP contribution in [0.5, 0.6) is 11.5 Å². The van der Waals surface area contributed by atoms with Gasteiger partial charge >= 0.3 is 0 Å². The van der Waals surface area contributed by atoms with Crippen molar-refractivity contribution in [3.05, 3.63) is 65.7 Å². The van der Waals surface area contributed by atoms with E-state index in [9.17, 15) is 13.9 Å². The lowest BCUT2D eigenvalue weighted by atomic mass is 9.83. The first-order chi connectivity index (χ1) is 15.7. The number of ether oxygens (including phenoxy) is 2. The Kier molecular flexibility index (Phi) is 7.41. The Morgan fingerprint density at radius 3 is 2.64 bits per heavy atom. The van der Waals surface area contributed by atoms with Gasteiger partial charge in [-0.15, -0.1) is 0 Å². The van der Waals surface area contributed by atoms with E-state index in [1.807, 2.05) is 0 Å². The molecule has 0 amide bonds. The van der Waals surface area contributed by atoms with Crippen molar-refractivity contribution in [3.63, 3.8) is 0 Å². The highest BCUT2D eigenvalue weighted by Gasteiger charge is 2.42. The van der Waals surface area contributed by atoms with E-state index >= 15 is 0 Å². The summed E-state index contributed by atoms with van der Waals surface area (Å²) < 4.78 is 38.8. The Bertz CT molecular complexity index is 1120. The van der Waals surface area contributed by atoms with Gasteiger partial charge in [0.2, 0.25) is 0 Å². The molecule has 3 rings (SSSR count). The number of H-pyrrole nitrogens is 1. The van der Waals surface area contributed by atoms with Crippen LogP contribution < -0.4 is 20.6 Å². The van der Waals surface area contributed by atoms with Gasteiger partial charge in [-0.25, -0.2) is 19.6 Å². The molecule has 0 fully saturated rings. The van der Waals surface area contributed by atoms with Gasteiger partial charge in [0.25, 0.3) is 0 Å². The average Bonchev–Trinajstić information content (AvgIpc) is 3.30. The van der Waals surface area contributed by atoms with Crippen LogP contribution in [0, 0.1) is 11.6 Å². The van der Waals surface area contributed by atoms with E-state index in [0.717, 1.165) is 17.1 Å². The molecule has 0 aliphatic heterocycles. The number of nitrogens with one attached hydrogen (secondary N) is 2. The maximum Gasteiger partial charge on any atom is 0.188 e. The molecule has 0 spiro atoms. The zero-order chi connectivity index (χ0) is 24.2. The van der Waals surface area contributed by atoms with E-state index in [4.69, 9.17) is 27.5 Å². The first kappa shape index (κ1) is 24.3. The summed E-state index contributed by atoms with van der Waals surface area (Å²) in [6, 6.07) is 6.93. The topological polar surface area (TPSA) is 122 Å². The number of methoxy groups -OCH3 is 2. The lowest BCUT2D eigenvalue weighted by Gasteiger charge is -2.39. The summed E-state index contributed by atoms with van der Waals surface area (Å²) in [5, 5.41) is 22.2. The summed E-state index contributed by atoms with van der Waals surface area (Å²) >= 11 is 5.42. The van der Waals surface area contributed by atoms with Crippen LogP contribution in [0.2, 0.25) is 0 Å². The second kappa shape index (κ2) is 10.1. The molecule has 1 heterocycles. The third kappa shape index (κ3) is 5.18. The Labute approximate surface area is 194 Å². The number of nitrogens with two attached hydrogens (primary N) is 1. The van der Waals surface area contributed by atoms with Gasteiger partial charge in [0, 0.05) is 24.1 Å². The van der Waals surface area contributed by atoms with Crippen LogP contribution in [0.15, 0.2) is 42.7 Å². The molecule has 2 aromatic carbocycles. The van der Waals surface area contributed by atoms with Crippen LogP contribution in [-0.4, -0.2) is 50.7 Å². The minimum Gasteiger partial charge on any atom is -0.497 e. The molecular weight excluding hydrogens is 454 g/mol. The van der Waals surface area contributed by atoms with Gasteiger partial charge in [0.05, 0.1) is 25.9 Å². The Hall–Kier alpha value is -3.35. The highest BCUT2D eigenvalue weighted by Crippen LogP contribution is 2.34. The third-order valence-electron chi connectivity index (χ3n) is 5.28. The fourth-order valence-electron chi connectivity index (χ4n) is 3.36. The number of hydrogen-bond acceptors (Lipinski definition) is 7.